The number of piperidine rings is 2. The lowest BCUT2D eigenvalue weighted by Gasteiger charge is -2.57. The van der Waals surface area contributed by atoms with Crippen molar-refractivity contribution in [1.29, 1.82) is 0 Å². The number of benzene rings is 2. The predicted molar refractivity (Wildman–Crippen MR) is 139 cm³/mol. The van der Waals surface area contributed by atoms with Crippen molar-refractivity contribution < 1.29 is 10.2 Å². The molecule has 2 fully saturated rings. The van der Waals surface area contributed by atoms with Crippen LogP contribution in [0.15, 0.2) is 36.4 Å². The van der Waals surface area contributed by atoms with E-state index in [1.807, 2.05) is 24.3 Å². The summed E-state index contributed by atoms with van der Waals surface area (Å²) in [6, 6.07) is 12.9. The van der Waals surface area contributed by atoms with Gasteiger partial charge in [-0.3, -0.25) is 0 Å². The number of hydrogen-bond acceptors (Lipinski definition) is 4. The Balaban J connectivity index is 0.000000142. The van der Waals surface area contributed by atoms with E-state index in [-0.39, 0.29) is 21.7 Å². The molecule has 0 saturated carbocycles. The minimum atomic E-state index is 0.0852. The van der Waals surface area contributed by atoms with Crippen molar-refractivity contribution >= 4 is 0 Å². The van der Waals surface area contributed by atoms with Crippen LogP contribution >= 0.6 is 0 Å². The van der Waals surface area contributed by atoms with Crippen molar-refractivity contribution in [3.63, 3.8) is 0 Å². The molecular weight excluding hydrogens is 420 g/mol. The number of rotatable bonds is 0. The van der Waals surface area contributed by atoms with Gasteiger partial charge in [0, 0.05) is 28.5 Å². The van der Waals surface area contributed by atoms with E-state index in [4.69, 9.17) is 0 Å². The molecule has 4 unspecified atom stereocenters. The Morgan fingerprint density at radius 1 is 0.735 bits per heavy atom. The first kappa shape index (κ1) is 23.7. The van der Waals surface area contributed by atoms with Gasteiger partial charge in [-0.05, 0) is 84.5 Å². The average Bonchev–Trinajstić information content (AvgIpc) is 2.73. The monoisotopic (exact) mass is 462 g/mol. The first-order valence-corrected chi connectivity index (χ1v) is 13.0. The first-order valence-electron chi connectivity index (χ1n) is 13.0. The molecule has 2 aromatic rings. The Morgan fingerprint density at radius 3 is 2.00 bits per heavy atom. The molecule has 2 saturated heterocycles. The van der Waals surface area contributed by atoms with Crippen LogP contribution in [0.5, 0.6) is 11.5 Å². The van der Waals surface area contributed by atoms with Crippen molar-refractivity contribution in [3.05, 3.63) is 58.7 Å². The van der Waals surface area contributed by atoms with Gasteiger partial charge in [0.15, 0.2) is 0 Å². The fraction of sp³-hybridized carbons (Fsp3) is 0.600. The normalized spacial score (nSPS) is 34.2. The molecule has 0 spiro atoms. The molecule has 2 aliphatic heterocycles. The van der Waals surface area contributed by atoms with Crippen molar-refractivity contribution in [1.82, 2.24) is 10.6 Å². The largest absolute Gasteiger partial charge is 0.508 e. The molecule has 0 radical (unpaired) electrons. The molecule has 2 aromatic carbocycles. The molecule has 0 aromatic heterocycles. The van der Waals surface area contributed by atoms with Gasteiger partial charge >= 0.3 is 0 Å². The molecule has 2 aliphatic carbocycles. The molecule has 34 heavy (non-hydrogen) atoms. The van der Waals surface area contributed by atoms with Gasteiger partial charge in [0.05, 0.1) is 0 Å². The van der Waals surface area contributed by atoms with E-state index in [9.17, 15) is 10.2 Å². The lowest BCUT2D eigenvalue weighted by atomic mass is 9.51. The lowest BCUT2D eigenvalue weighted by molar-refractivity contribution is 0.0538. The van der Waals surface area contributed by atoms with Crippen molar-refractivity contribution in [2.75, 3.05) is 13.1 Å². The van der Waals surface area contributed by atoms with Crippen molar-refractivity contribution in [2.45, 2.75) is 90.1 Å². The van der Waals surface area contributed by atoms with Crippen LogP contribution in [0.25, 0.3) is 0 Å². The van der Waals surface area contributed by atoms with Gasteiger partial charge in [-0.1, -0.05) is 59.7 Å². The summed E-state index contributed by atoms with van der Waals surface area (Å²) >= 11 is 0. The van der Waals surface area contributed by atoms with E-state index < -0.39 is 0 Å². The Kier molecular flexibility index (Phi) is 5.39. The summed E-state index contributed by atoms with van der Waals surface area (Å²) in [4.78, 5) is 0. The highest BCUT2D eigenvalue weighted by Crippen LogP contribution is 2.56. The van der Waals surface area contributed by atoms with Crippen molar-refractivity contribution in [2.24, 2.45) is 10.8 Å². The third-order valence-electron chi connectivity index (χ3n) is 10.8. The number of phenolic OH excluding ortho intramolecular Hbond substituents is 2. The molecule has 6 rings (SSSR count). The average molecular weight is 463 g/mol. The van der Waals surface area contributed by atoms with Crippen LogP contribution in [0.1, 0.15) is 76.6 Å². The molecule has 4 heteroatoms. The van der Waals surface area contributed by atoms with Gasteiger partial charge in [0.1, 0.15) is 11.5 Å². The van der Waals surface area contributed by atoms with Gasteiger partial charge in [-0.15, -0.1) is 0 Å². The summed E-state index contributed by atoms with van der Waals surface area (Å²) in [5, 5.41) is 27.2. The van der Waals surface area contributed by atoms with E-state index >= 15 is 0 Å². The highest BCUT2D eigenvalue weighted by molar-refractivity contribution is 5.50. The maximum Gasteiger partial charge on any atom is 0.119 e. The first-order chi connectivity index (χ1) is 15.9. The Hall–Kier alpha value is -2.04. The van der Waals surface area contributed by atoms with Crippen LogP contribution in [-0.2, 0) is 23.7 Å². The number of phenols is 2. The number of fused-ring (bicyclic) bond motifs is 8. The summed E-state index contributed by atoms with van der Waals surface area (Å²) < 4.78 is 0. The van der Waals surface area contributed by atoms with E-state index in [2.05, 4.69) is 64.3 Å². The molecule has 2 heterocycles. The van der Waals surface area contributed by atoms with E-state index in [1.54, 1.807) is 0 Å². The minimum absolute atomic E-state index is 0.0852. The number of aromatic hydroxyl groups is 2. The zero-order chi connectivity index (χ0) is 24.5. The van der Waals surface area contributed by atoms with Crippen LogP contribution in [0.2, 0.25) is 0 Å². The topological polar surface area (TPSA) is 64.5 Å². The zero-order valence-electron chi connectivity index (χ0n) is 21.8. The second kappa shape index (κ2) is 7.73. The van der Waals surface area contributed by atoms with E-state index in [0.717, 1.165) is 32.4 Å². The van der Waals surface area contributed by atoms with Crippen LogP contribution < -0.4 is 10.6 Å². The summed E-state index contributed by atoms with van der Waals surface area (Å²) in [6.45, 7) is 16.3. The minimum Gasteiger partial charge on any atom is -0.508 e. The predicted octanol–water partition coefficient (Wildman–Crippen LogP) is 5.19. The lowest BCUT2D eigenvalue weighted by Crippen LogP contribution is -2.62. The molecule has 0 amide bonds. The van der Waals surface area contributed by atoms with E-state index in [1.165, 1.54) is 28.7 Å². The number of hydrogen-bond donors (Lipinski definition) is 4. The summed E-state index contributed by atoms with van der Waals surface area (Å²) in [7, 11) is 0. The Bertz CT molecular complexity index is 1100. The van der Waals surface area contributed by atoms with Crippen LogP contribution in [-0.4, -0.2) is 35.4 Å². The summed E-state index contributed by atoms with van der Waals surface area (Å²) in [5.41, 5.74) is 6.06. The smallest absolute Gasteiger partial charge is 0.119 e. The fourth-order valence-electron chi connectivity index (χ4n) is 7.62. The second-order valence-electron chi connectivity index (χ2n) is 12.7. The van der Waals surface area contributed by atoms with Crippen molar-refractivity contribution in [3.8, 4) is 11.5 Å². The van der Waals surface area contributed by atoms with Gasteiger partial charge in [0.25, 0.3) is 0 Å². The van der Waals surface area contributed by atoms with Gasteiger partial charge in [0.2, 0.25) is 0 Å². The molecule has 184 valence electrons. The van der Waals surface area contributed by atoms with Gasteiger partial charge < -0.3 is 20.8 Å². The highest BCUT2D eigenvalue weighted by Gasteiger charge is 2.55. The SMILES string of the molecule is CC12CCNC(Cc3cc(O)ccc31)C2(C)C.CC12CCNC(Cc3cccc(O)c31)C2(C)C. The third kappa shape index (κ3) is 3.18. The summed E-state index contributed by atoms with van der Waals surface area (Å²) in [6.07, 6.45) is 4.34. The molecule has 4 atom stereocenters. The second-order valence-corrected chi connectivity index (χ2v) is 12.7. The van der Waals surface area contributed by atoms with E-state index in [0.29, 0.717) is 23.6 Å². The van der Waals surface area contributed by atoms with Gasteiger partial charge in [-0.25, -0.2) is 0 Å². The van der Waals surface area contributed by atoms with Crippen LogP contribution in [0.3, 0.4) is 0 Å². The van der Waals surface area contributed by atoms with Crippen LogP contribution in [0, 0.1) is 10.8 Å². The molecule has 4 aliphatic rings. The maximum atomic E-state index is 10.2. The highest BCUT2D eigenvalue weighted by atomic mass is 16.3. The third-order valence-corrected chi connectivity index (χ3v) is 10.8. The standard InChI is InChI=1S/2C15H21NO/c1-14(2)13-9-10-8-11(17)4-5-12(10)15(14,3)6-7-16-13;1-14(2)12-9-10-5-4-6-11(17)13(10)15(14,3)7-8-16-12/h4-5,8,13,16-17H,6-7,9H2,1-3H3;4-6,12,16-17H,7-9H2,1-3H3. The molecule has 4 bridgehead atoms. The molecule has 4 N–H and O–H groups in total. The Labute approximate surface area is 205 Å². The maximum absolute atomic E-state index is 10.2. The summed E-state index contributed by atoms with van der Waals surface area (Å²) in [5.74, 6) is 0.878. The van der Waals surface area contributed by atoms with Crippen LogP contribution in [0.4, 0.5) is 0 Å². The van der Waals surface area contributed by atoms with Gasteiger partial charge in [-0.2, -0.15) is 0 Å². The fourth-order valence-corrected chi connectivity index (χ4v) is 7.62. The molecular formula is C30H42N2O2. The quantitative estimate of drug-likeness (QED) is 0.435. The molecule has 4 nitrogen and oxygen atoms in total. The zero-order valence-corrected chi connectivity index (χ0v) is 21.8. The Morgan fingerprint density at radius 2 is 1.32 bits per heavy atom. The number of nitrogens with one attached hydrogen (secondary N) is 2.